The van der Waals surface area contributed by atoms with Crippen LogP contribution >= 0.6 is 0 Å². The fourth-order valence-electron chi connectivity index (χ4n) is 2.23. The SMILES string of the molecule is Nc1cnccc1[C@H]1C[CH][CH][C@H](C2CC2)O1. The summed E-state index contributed by atoms with van der Waals surface area (Å²) in [6.45, 7) is 0. The van der Waals surface area contributed by atoms with Crippen molar-refractivity contribution in [3.05, 3.63) is 36.9 Å². The summed E-state index contributed by atoms with van der Waals surface area (Å²) in [6, 6.07) is 1.96. The smallest absolute Gasteiger partial charge is 0.0852 e. The lowest BCUT2D eigenvalue weighted by atomic mass is 9.96. The number of hydrogen-bond acceptors (Lipinski definition) is 3. The van der Waals surface area contributed by atoms with Crippen LogP contribution in [0.1, 0.15) is 30.9 Å². The van der Waals surface area contributed by atoms with E-state index in [4.69, 9.17) is 10.5 Å². The summed E-state index contributed by atoms with van der Waals surface area (Å²) in [6.07, 6.45) is 11.8. The van der Waals surface area contributed by atoms with Crippen molar-refractivity contribution >= 4 is 5.69 Å². The third-order valence-electron chi connectivity index (χ3n) is 3.32. The van der Waals surface area contributed by atoms with Crippen molar-refractivity contribution in [2.75, 3.05) is 5.73 Å². The molecule has 2 heterocycles. The molecule has 3 heteroatoms. The van der Waals surface area contributed by atoms with E-state index in [1.165, 1.54) is 12.8 Å². The Morgan fingerprint density at radius 2 is 2.25 bits per heavy atom. The Bertz CT molecular complexity index is 376. The molecule has 0 unspecified atom stereocenters. The van der Waals surface area contributed by atoms with Gasteiger partial charge in [-0.25, -0.2) is 0 Å². The summed E-state index contributed by atoms with van der Waals surface area (Å²) in [5.41, 5.74) is 7.73. The lowest BCUT2D eigenvalue weighted by molar-refractivity contribution is -0.0212. The third-order valence-corrected chi connectivity index (χ3v) is 3.32. The molecular weight excluding hydrogens is 200 g/mol. The van der Waals surface area contributed by atoms with Gasteiger partial charge in [-0.15, -0.1) is 0 Å². The number of pyridine rings is 1. The first-order valence-electron chi connectivity index (χ1n) is 5.86. The predicted octanol–water partition coefficient (Wildman–Crippen LogP) is 2.31. The molecule has 1 aliphatic heterocycles. The maximum atomic E-state index is 6.08. The zero-order chi connectivity index (χ0) is 11.0. The second-order valence-corrected chi connectivity index (χ2v) is 4.60. The average molecular weight is 216 g/mol. The number of nitrogens with zero attached hydrogens (tertiary/aromatic N) is 1. The van der Waals surface area contributed by atoms with Gasteiger partial charge in [0.2, 0.25) is 0 Å². The van der Waals surface area contributed by atoms with Crippen LogP contribution in [-0.2, 0) is 4.74 Å². The number of rotatable bonds is 2. The highest BCUT2D eigenvalue weighted by Crippen LogP contribution is 2.42. The van der Waals surface area contributed by atoms with Crippen molar-refractivity contribution in [1.29, 1.82) is 0 Å². The minimum Gasteiger partial charge on any atom is -0.397 e. The van der Waals surface area contributed by atoms with Gasteiger partial charge in [0.25, 0.3) is 0 Å². The summed E-state index contributed by atoms with van der Waals surface area (Å²) in [5.74, 6) is 0.738. The lowest BCUT2D eigenvalue weighted by Gasteiger charge is -2.30. The van der Waals surface area contributed by atoms with Gasteiger partial charge >= 0.3 is 0 Å². The molecule has 0 spiro atoms. The molecule has 0 bridgehead atoms. The van der Waals surface area contributed by atoms with Crippen LogP contribution in [0.15, 0.2) is 18.5 Å². The molecule has 3 rings (SSSR count). The normalized spacial score (nSPS) is 30.2. The highest BCUT2D eigenvalue weighted by atomic mass is 16.5. The van der Waals surface area contributed by atoms with Crippen molar-refractivity contribution in [2.24, 2.45) is 5.92 Å². The molecule has 2 fully saturated rings. The molecule has 1 aromatic rings. The van der Waals surface area contributed by atoms with E-state index in [0.29, 0.717) is 6.10 Å². The van der Waals surface area contributed by atoms with Crippen molar-refractivity contribution in [2.45, 2.75) is 31.5 Å². The molecule has 1 aliphatic carbocycles. The van der Waals surface area contributed by atoms with Gasteiger partial charge in [0.05, 0.1) is 24.1 Å². The summed E-state index contributed by atoms with van der Waals surface area (Å²) >= 11 is 0. The van der Waals surface area contributed by atoms with Gasteiger partial charge in [-0.1, -0.05) is 0 Å². The van der Waals surface area contributed by atoms with Gasteiger partial charge < -0.3 is 10.5 Å². The average Bonchev–Trinajstić information content (AvgIpc) is 3.14. The lowest BCUT2D eigenvalue weighted by Crippen LogP contribution is -2.25. The maximum absolute atomic E-state index is 6.08. The van der Waals surface area contributed by atoms with Crippen LogP contribution in [0.3, 0.4) is 0 Å². The van der Waals surface area contributed by atoms with Crippen LogP contribution in [0.5, 0.6) is 0 Å². The number of hydrogen-bond donors (Lipinski definition) is 1. The fourth-order valence-corrected chi connectivity index (χ4v) is 2.23. The molecule has 16 heavy (non-hydrogen) atoms. The quantitative estimate of drug-likeness (QED) is 0.825. The molecule has 1 aromatic heterocycles. The first kappa shape index (κ1) is 10.1. The number of nitrogen functional groups attached to an aromatic ring is 1. The minimum atomic E-state index is 0.110. The molecule has 1 saturated heterocycles. The largest absolute Gasteiger partial charge is 0.397 e. The highest BCUT2D eigenvalue weighted by Gasteiger charge is 2.36. The minimum absolute atomic E-state index is 0.110. The van der Waals surface area contributed by atoms with Gasteiger partial charge in [-0.05, 0) is 44.1 Å². The van der Waals surface area contributed by atoms with Crippen LogP contribution < -0.4 is 5.73 Å². The molecule has 2 N–H and O–H groups in total. The van der Waals surface area contributed by atoms with E-state index in [-0.39, 0.29) is 6.10 Å². The molecule has 2 atom stereocenters. The maximum Gasteiger partial charge on any atom is 0.0852 e. The third kappa shape index (κ3) is 1.92. The second kappa shape index (κ2) is 4.06. The van der Waals surface area contributed by atoms with Gasteiger partial charge in [-0.2, -0.15) is 0 Å². The van der Waals surface area contributed by atoms with Gasteiger partial charge in [0, 0.05) is 11.8 Å². The Morgan fingerprint density at radius 3 is 3.00 bits per heavy atom. The topological polar surface area (TPSA) is 48.1 Å². The Labute approximate surface area is 96.0 Å². The zero-order valence-corrected chi connectivity index (χ0v) is 9.17. The summed E-state index contributed by atoms with van der Waals surface area (Å²) < 4.78 is 6.08. The summed E-state index contributed by atoms with van der Waals surface area (Å²) in [7, 11) is 0. The highest BCUT2D eigenvalue weighted by molar-refractivity contribution is 5.45. The van der Waals surface area contributed by atoms with E-state index in [0.717, 1.165) is 23.6 Å². The first-order valence-corrected chi connectivity index (χ1v) is 5.86. The van der Waals surface area contributed by atoms with Crippen molar-refractivity contribution < 1.29 is 4.74 Å². The Balaban J connectivity index is 1.76. The monoisotopic (exact) mass is 216 g/mol. The van der Waals surface area contributed by atoms with E-state index in [2.05, 4.69) is 17.8 Å². The van der Waals surface area contributed by atoms with Crippen molar-refractivity contribution in [3.8, 4) is 0 Å². The van der Waals surface area contributed by atoms with E-state index in [9.17, 15) is 0 Å². The molecule has 2 aliphatic rings. The van der Waals surface area contributed by atoms with E-state index >= 15 is 0 Å². The van der Waals surface area contributed by atoms with Gasteiger partial charge in [0.15, 0.2) is 0 Å². The Kier molecular flexibility index (Phi) is 2.56. The standard InChI is InChI=1S/C13H16N2O/c14-11-8-15-7-6-10(11)13-3-1-2-12(16-13)9-4-5-9/h1-2,6-9,12-13H,3-5,14H2/t12-,13-/m1/s1. The Hall–Kier alpha value is -1.09. The van der Waals surface area contributed by atoms with Gasteiger partial charge in [-0.3, -0.25) is 4.98 Å². The zero-order valence-electron chi connectivity index (χ0n) is 9.17. The number of nitrogens with two attached hydrogens (primary N) is 1. The van der Waals surface area contributed by atoms with Crippen LogP contribution in [0, 0.1) is 18.8 Å². The Morgan fingerprint density at radius 1 is 1.38 bits per heavy atom. The predicted molar refractivity (Wildman–Crippen MR) is 62.2 cm³/mol. The van der Waals surface area contributed by atoms with Crippen molar-refractivity contribution in [1.82, 2.24) is 4.98 Å². The molecule has 0 amide bonds. The second-order valence-electron chi connectivity index (χ2n) is 4.60. The molecule has 2 radical (unpaired) electrons. The number of anilines is 1. The van der Waals surface area contributed by atoms with Crippen LogP contribution in [0.2, 0.25) is 0 Å². The van der Waals surface area contributed by atoms with Crippen LogP contribution in [-0.4, -0.2) is 11.1 Å². The molecule has 3 nitrogen and oxygen atoms in total. The van der Waals surface area contributed by atoms with E-state index < -0.39 is 0 Å². The van der Waals surface area contributed by atoms with E-state index in [1.807, 2.05) is 6.07 Å². The van der Waals surface area contributed by atoms with E-state index in [1.54, 1.807) is 12.4 Å². The van der Waals surface area contributed by atoms with Gasteiger partial charge in [0.1, 0.15) is 0 Å². The number of aromatic nitrogens is 1. The molecular formula is C13H16N2O. The van der Waals surface area contributed by atoms with Crippen LogP contribution in [0.25, 0.3) is 0 Å². The molecule has 1 saturated carbocycles. The van der Waals surface area contributed by atoms with Crippen molar-refractivity contribution in [3.63, 3.8) is 0 Å². The number of ether oxygens (including phenoxy) is 1. The molecule has 0 aromatic carbocycles. The summed E-state index contributed by atoms with van der Waals surface area (Å²) in [5, 5.41) is 0. The summed E-state index contributed by atoms with van der Waals surface area (Å²) in [4.78, 5) is 4.01. The molecule has 84 valence electrons. The fraction of sp³-hybridized carbons (Fsp3) is 0.462. The first-order chi connectivity index (χ1) is 7.84. The van der Waals surface area contributed by atoms with Crippen LogP contribution in [0.4, 0.5) is 5.69 Å².